The lowest BCUT2D eigenvalue weighted by Crippen LogP contribution is -2.15. The summed E-state index contributed by atoms with van der Waals surface area (Å²) in [6.07, 6.45) is 1.53. The highest BCUT2D eigenvalue weighted by molar-refractivity contribution is 8.15. The minimum absolute atomic E-state index is 0.206. The van der Waals surface area contributed by atoms with E-state index in [4.69, 9.17) is 11.6 Å². The lowest BCUT2D eigenvalue weighted by molar-refractivity contribution is -0.132. The van der Waals surface area contributed by atoms with Crippen molar-refractivity contribution < 1.29 is 22.2 Å². The first-order chi connectivity index (χ1) is 10.4. The number of hydrogen-bond acceptors (Lipinski definition) is 7. The molecule has 1 aromatic rings. The minimum atomic E-state index is -3.99. The van der Waals surface area contributed by atoms with Crippen molar-refractivity contribution in [2.24, 2.45) is 5.16 Å². The van der Waals surface area contributed by atoms with Crippen LogP contribution in [0.2, 0.25) is 5.02 Å². The molecule has 0 fully saturated rings. The zero-order valence-electron chi connectivity index (χ0n) is 11.7. The SMILES string of the molecule is C=CCS/C(=N\OS(=O)(=O)Cc1ccc(Cl)cc1)C(=O)OC. The Morgan fingerprint density at radius 1 is 1.41 bits per heavy atom. The highest BCUT2D eigenvalue weighted by Crippen LogP contribution is 2.14. The van der Waals surface area contributed by atoms with Crippen LogP contribution < -0.4 is 0 Å². The van der Waals surface area contributed by atoms with Gasteiger partial charge in [-0.1, -0.05) is 46.7 Å². The topological polar surface area (TPSA) is 82.0 Å². The van der Waals surface area contributed by atoms with Crippen molar-refractivity contribution in [1.29, 1.82) is 0 Å². The van der Waals surface area contributed by atoms with E-state index in [2.05, 4.69) is 20.8 Å². The van der Waals surface area contributed by atoms with E-state index in [0.29, 0.717) is 16.3 Å². The van der Waals surface area contributed by atoms with Crippen LogP contribution in [-0.2, 0) is 29.7 Å². The number of benzene rings is 1. The molecule has 0 spiro atoms. The van der Waals surface area contributed by atoms with Gasteiger partial charge >= 0.3 is 16.1 Å². The molecule has 22 heavy (non-hydrogen) atoms. The quantitative estimate of drug-likeness (QED) is 0.254. The first-order valence-electron chi connectivity index (χ1n) is 5.93. The van der Waals surface area contributed by atoms with Crippen molar-refractivity contribution in [2.75, 3.05) is 12.9 Å². The van der Waals surface area contributed by atoms with Gasteiger partial charge in [0.25, 0.3) is 0 Å². The smallest absolute Gasteiger partial charge is 0.366 e. The maximum absolute atomic E-state index is 11.8. The Kier molecular flexibility index (Phi) is 7.43. The highest BCUT2D eigenvalue weighted by atomic mass is 35.5. The summed E-state index contributed by atoms with van der Waals surface area (Å²) in [7, 11) is -2.83. The van der Waals surface area contributed by atoms with Crippen LogP contribution in [0.4, 0.5) is 0 Å². The molecule has 0 aliphatic rings. The average Bonchev–Trinajstić information content (AvgIpc) is 2.48. The Labute approximate surface area is 138 Å². The van der Waals surface area contributed by atoms with Crippen molar-refractivity contribution in [3.05, 3.63) is 47.5 Å². The Hall–Kier alpha value is -1.51. The number of ether oxygens (including phenoxy) is 1. The number of thioether (sulfide) groups is 1. The molecule has 0 aliphatic carbocycles. The summed E-state index contributed by atoms with van der Waals surface area (Å²) in [5, 5.41) is 3.65. The van der Waals surface area contributed by atoms with Gasteiger partial charge in [-0.2, -0.15) is 8.42 Å². The fourth-order valence-electron chi connectivity index (χ4n) is 1.25. The van der Waals surface area contributed by atoms with Gasteiger partial charge in [0, 0.05) is 10.8 Å². The van der Waals surface area contributed by atoms with Crippen LogP contribution in [0.1, 0.15) is 5.56 Å². The van der Waals surface area contributed by atoms with Gasteiger partial charge in [-0.25, -0.2) is 4.79 Å². The molecule has 1 aromatic carbocycles. The fraction of sp³-hybridized carbons (Fsp3) is 0.231. The zero-order valence-corrected chi connectivity index (χ0v) is 14.1. The number of nitrogens with zero attached hydrogens (tertiary/aromatic N) is 1. The number of halogens is 1. The van der Waals surface area contributed by atoms with Gasteiger partial charge in [0.15, 0.2) is 0 Å². The second-order valence-electron chi connectivity index (χ2n) is 3.89. The summed E-state index contributed by atoms with van der Waals surface area (Å²) in [6, 6.07) is 6.24. The number of hydrogen-bond donors (Lipinski definition) is 0. The molecular formula is C13H14ClNO5S2. The number of carbonyl (C=O) groups is 1. The Bertz CT molecular complexity index is 656. The van der Waals surface area contributed by atoms with E-state index < -0.39 is 21.8 Å². The molecule has 0 radical (unpaired) electrons. The van der Waals surface area contributed by atoms with Crippen molar-refractivity contribution in [1.82, 2.24) is 0 Å². The summed E-state index contributed by atoms with van der Waals surface area (Å²) >= 11 is 6.67. The molecule has 120 valence electrons. The lowest BCUT2D eigenvalue weighted by Gasteiger charge is -2.04. The maximum atomic E-state index is 11.8. The summed E-state index contributed by atoms with van der Waals surface area (Å²) < 4.78 is 32.7. The average molecular weight is 364 g/mol. The molecule has 0 aromatic heterocycles. The van der Waals surface area contributed by atoms with Crippen LogP contribution >= 0.6 is 23.4 Å². The summed E-state index contributed by atoms with van der Waals surface area (Å²) in [5.41, 5.74) is 0.484. The maximum Gasteiger partial charge on any atom is 0.366 e. The van der Waals surface area contributed by atoms with Gasteiger partial charge in [-0.05, 0) is 17.7 Å². The first-order valence-corrected chi connectivity index (χ1v) is 8.88. The lowest BCUT2D eigenvalue weighted by atomic mass is 10.2. The normalized spacial score (nSPS) is 11.8. The summed E-state index contributed by atoms with van der Waals surface area (Å²) in [5.74, 6) is -0.823. The molecule has 6 nitrogen and oxygen atoms in total. The van der Waals surface area contributed by atoms with E-state index in [1.165, 1.54) is 6.08 Å². The van der Waals surface area contributed by atoms with Crippen LogP contribution in [0.15, 0.2) is 42.1 Å². The van der Waals surface area contributed by atoms with Crippen LogP contribution in [0.5, 0.6) is 0 Å². The van der Waals surface area contributed by atoms with Crippen molar-refractivity contribution in [3.8, 4) is 0 Å². The van der Waals surface area contributed by atoms with Gasteiger partial charge in [0.2, 0.25) is 5.04 Å². The van der Waals surface area contributed by atoms with E-state index in [9.17, 15) is 13.2 Å². The predicted molar refractivity (Wildman–Crippen MR) is 87.3 cm³/mol. The van der Waals surface area contributed by atoms with E-state index in [1.807, 2.05) is 0 Å². The van der Waals surface area contributed by atoms with Crippen LogP contribution in [0.3, 0.4) is 0 Å². The molecule has 0 saturated heterocycles. The van der Waals surface area contributed by atoms with Gasteiger partial charge in [-0.3, -0.25) is 4.28 Å². The van der Waals surface area contributed by atoms with Gasteiger partial charge in [-0.15, -0.1) is 6.58 Å². The van der Waals surface area contributed by atoms with Crippen LogP contribution in [0, 0.1) is 0 Å². The third-order valence-corrected chi connectivity index (χ3v) is 4.35. The standard InChI is InChI=1S/C13H14ClNO5S2/c1-3-8-21-12(13(16)19-2)15-20-22(17,18)9-10-4-6-11(14)7-5-10/h3-7H,1,8-9H2,2H3/b15-12-. The molecule has 0 heterocycles. The molecule has 1 rings (SSSR count). The highest BCUT2D eigenvalue weighted by Gasteiger charge is 2.17. The number of rotatable bonds is 6. The van der Waals surface area contributed by atoms with Crippen LogP contribution in [0.25, 0.3) is 0 Å². The van der Waals surface area contributed by atoms with Gasteiger partial charge < -0.3 is 4.74 Å². The van der Waals surface area contributed by atoms with Crippen molar-refractivity contribution in [2.45, 2.75) is 5.75 Å². The molecule has 0 atom stereocenters. The van der Waals surface area contributed by atoms with E-state index in [0.717, 1.165) is 18.9 Å². The second kappa shape index (κ2) is 8.82. The number of carbonyl (C=O) groups excluding carboxylic acids is 1. The number of methoxy groups -OCH3 is 1. The number of oxime groups is 1. The fourth-order valence-corrected chi connectivity index (χ4v) is 2.83. The van der Waals surface area contributed by atoms with Crippen LogP contribution in [-0.4, -0.2) is 32.3 Å². The molecule has 0 N–H and O–H groups in total. The Morgan fingerprint density at radius 3 is 2.59 bits per heavy atom. The molecular weight excluding hydrogens is 350 g/mol. The Balaban J connectivity index is 2.79. The second-order valence-corrected chi connectivity index (χ2v) is 6.89. The summed E-state index contributed by atoms with van der Waals surface area (Å²) in [6.45, 7) is 3.49. The molecule has 0 saturated carbocycles. The number of esters is 1. The van der Waals surface area contributed by atoms with Crippen molar-refractivity contribution in [3.63, 3.8) is 0 Å². The largest absolute Gasteiger partial charge is 0.464 e. The Morgan fingerprint density at radius 2 is 2.05 bits per heavy atom. The molecule has 0 amide bonds. The molecule has 0 unspecified atom stereocenters. The predicted octanol–water partition coefficient (Wildman–Crippen LogP) is 2.59. The third-order valence-electron chi connectivity index (χ3n) is 2.19. The monoisotopic (exact) mass is 363 g/mol. The summed E-state index contributed by atoms with van der Waals surface area (Å²) in [4.78, 5) is 11.4. The zero-order chi connectivity index (χ0) is 16.6. The molecule has 0 bridgehead atoms. The van der Waals surface area contributed by atoms with Crippen molar-refractivity contribution >= 4 is 44.5 Å². The molecule has 0 aliphatic heterocycles. The van der Waals surface area contributed by atoms with Gasteiger partial charge in [0.05, 0.1) is 7.11 Å². The first kappa shape index (κ1) is 18.5. The third kappa shape index (κ3) is 6.50. The van der Waals surface area contributed by atoms with Gasteiger partial charge in [0.1, 0.15) is 5.75 Å². The van der Waals surface area contributed by atoms with E-state index in [1.54, 1.807) is 24.3 Å². The minimum Gasteiger partial charge on any atom is -0.464 e. The van der Waals surface area contributed by atoms with E-state index >= 15 is 0 Å². The van der Waals surface area contributed by atoms with E-state index in [-0.39, 0.29) is 5.04 Å². The molecule has 9 heteroatoms.